The molecule has 0 aliphatic carbocycles. The number of anilines is 1. The van der Waals surface area contributed by atoms with Crippen molar-refractivity contribution >= 4 is 29.3 Å². The third-order valence-corrected chi connectivity index (χ3v) is 5.28. The zero-order chi connectivity index (χ0) is 18.5. The van der Waals surface area contributed by atoms with Gasteiger partial charge in [0.15, 0.2) is 0 Å². The molecule has 1 amide bonds. The summed E-state index contributed by atoms with van der Waals surface area (Å²) < 4.78 is 10.9. The Hall–Kier alpha value is -2.47. The molecule has 0 saturated carbocycles. The lowest BCUT2D eigenvalue weighted by Gasteiger charge is -2.23. The maximum Gasteiger partial charge on any atom is 0.307 e. The number of thioether (sulfide) groups is 1. The van der Waals surface area contributed by atoms with Crippen LogP contribution in [0.2, 0.25) is 0 Å². The first-order valence-electron chi connectivity index (χ1n) is 8.45. The number of benzene rings is 2. The van der Waals surface area contributed by atoms with Gasteiger partial charge in [0.25, 0.3) is 0 Å². The smallest absolute Gasteiger partial charge is 0.307 e. The van der Waals surface area contributed by atoms with Crippen molar-refractivity contribution in [1.29, 1.82) is 0 Å². The Balaban J connectivity index is 1.44. The van der Waals surface area contributed by atoms with E-state index < -0.39 is 11.2 Å². The number of carbonyl (C=O) groups is 2. The third-order valence-electron chi connectivity index (χ3n) is 4.01. The summed E-state index contributed by atoms with van der Waals surface area (Å²) in [6.45, 7) is 4.40. The van der Waals surface area contributed by atoms with Gasteiger partial charge in [0.1, 0.15) is 19.0 Å². The van der Waals surface area contributed by atoms with Crippen molar-refractivity contribution in [2.45, 2.75) is 30.4 Å². The minimum absolute atomic E-state index is 0.0360. The van der Waals surface area contributed by atoms with Crippen LogP contribution < -0.4 is 10.1 Å². The van der Waals surface area contributed by atoms with Gasteiger partial charge in [0, 0.05) is 4.90 Å². The highest BCUT2D eigenvalue weighted by molar-refractivity contribution is 8.01. The topological polar surface area (TPSA) is 64.6 Å². The second kappa shape index (κ2) is 8.27. The molecule has 2 aromatic carbocycles. The third kappa shape index (κ3) is 4.58. The SMILES string of the molecule is Cc1ccc(C)c(OCCOC(=O)C[C@H]2Sc3ccccc3NC2=O)c1. The first kappa shape index (κ1) is 18.3. The first-order chi connectivity index (χ1) is 12.5. The maximum atomic E-state index is 12.1. The summed E-state index contributed by atoms with van der Waals surface area (Å²) in [7, 11) is 0. The van der Waals surface area contributed by atoms with Gasteiger partial charge in [0.05, 0.1) is 17.4 Å². The van der Waals surface area contributed by atoms with Crippen molar-refractivity contribution in [3.63, 3.8) is 0 Å². The minimum atomic E-state index is -0.475. The Kier molecular flexibility index (Phi) is 5.83. The van der Waals surface area contributed by atoms with Crippen molar-refractivity contribution in [2.75, 3.05) is 18.5 Å². The Bertz CT molecular complexity index is 821. The van der Waals surface area contributed by atoms with E-state index in [2.05, 4.69) is 5.32 Å². The summed E-state index contributed by atoms with van der Waals surface area (Å²) in [5, 5.41) is 2.35. The predicted octanol–water partition coefficient (Wildman–Crippen LogP) is 3.73. The highest BCUT2D eigenvalue weighted by atomic mass is 32.2. The van der Waals surface area contributed by atoms with E-state index in [0.717, 1.165) is 27.5 Å². The monoisotopic (exact) mass is 371 g/mol. The van der Waals surface area contributed by atoms with Crippen LogP contribution in [0.4, 0.5) is 5.69 Å². The van der Waals surface area contributed by atoms with Crippen molar-refractivity contribution in [3.05, 3.63) is 53.6 Å². The molecule has 26 heavy (non-hydrogen) atoms. The lowest BCUT2D eigenvalue weighted by molar-refractivity contribution is -0.145. The van der Waals surface area contributed by atoms with Gasteiger partial charge in [-0.2, -0.15) is 0 Å². The fourth-order valence-corrected chi connectivity index (χ4v) is 3.70. The van der Waals surface area contributed by atoms with Crippen LogP contribution in [0, 0.1) is 13.8 Å². The molecule has 1 N–H and O–H groups in total. The van der Waals surface area contributed by atoms with E-state index in [9.17, 15) is 9.59 Å². The number of fused-ring (bicyclic) bond motifs is 1. The van der Waals surface area contributed by atoms with Crippen LogP contribution in [0.1, 0.15) is 17.5 Å². The van der Waals surface area contributed by atoms with Crippen molar-refractivity contribution < 1.29 is 19.1 Å². The van der Waals surface area contributed by atoms with Crippen molar-refractivity contribution in [2.24, 2.45) is 0 Å². The second-order valence-electron chi connectivity index (χ2n) is 6.13. The number of ether oxygens (including phenoxy) is 2. The number of hydrogen-bond donors (Lipinski definition) is 1. The molecule has 136 valence electrons. The van der Waals surface area contributed by atoms with E-state index in [0.29, 0.717) is 0 Å². The van der Waals surface area contributed by atoms with Crippen LogP contribution in [-0.4, -0.2) is 30.3 Å². The van der Waals surface area contributed by atoms with Gasteiger partial charge < -0.3 is 14.8 Å². The van der Waals surface area contributed by atoms with Gasteiger partial charge >= 0.3 is 5.97 Å². The summed E-state index contributed by atoms with van der Waals surface area (Å²) >= 11 is 1.39. The quantitative estimate of drug-likeness (QED) is 0.619. The second-order valence-corrected chi connectivity index (χ2v) is 7.38. The summed E-state index contributed by atoms with van der Waals surface area (Å²) in [6.07, 6.45) is 0.0360. The Morgan fingerprint density at radius 3 is 2.81 bits per heavy atom. The fourth-order valence-electron chi connectivity index (χ4n) is 2.61. The van der Waals surface area contributed by atoms with E-state index in [1.807, 2.05) is 56.3 Å². The zero-order valence-corrected chi connectivity index (χ0v) is 15.6. The molecule has 3 rings (SSSR count). The number of nitrogens with one attached hydrogen (secondary N) is 1. The number of carbonyl (C=O) groups excluding carboxylic acids is 2. The van der Waals surface area contributed by atoms with Gasteiger partial charge in [-0.15, -0.1) is 11.8 Å². The molecule has 0 radical (unpaired) electrons. The Morgan fingerprint density at radius 2 is 1.96 bits per heavy atom. The zero-order valence-electron chi connectivity index (χ0n) is 14.8. The van der Waals surface area contributed by atoms with E-state index in [1.54, 1.807) is 0 Å². The molecule has 0 saturated heterocycles. The molecule has 6 heteroatoms. The molecule has 1 aliphatic heterocycles. The molecule has 0 fully saturated rings. The fraction of sp³-hybridized carbons (Fsp3) is 0.300. The van der Waals surface area contributed by atoms with Crippen LogP contribution in [0.3, 0.4) is 0 Å². The molecule has 0 aromatic heterocycles. The Labute approximate surface area is 157 Å². The van der Waals surface area contributed by atoms with E-state index >= 15 is 0 Å². The Morgan fingerprint density at radius 1 is 1.15 bits per heavy atom. The highest BCUT2D eigenvalue weighted by Gasteiger charge is 2.29. The first-order valence-corrected chi connectivity index (χ1v) is 9.33. The molecule has 1 atom stereocenters. The summed E-state index contributed by atoms with van der Waals surface area (Å²) in [5.41, 5.74) is 2.94. The number of aryl methyl sites for hydroxylation is 2. The highest BCUT2D eigenvalue weighted by Crippen LogP contribution is 2.36. The molecule has 5 nitrogen and oxygen atoms in total. The predicted molar refractivity (Wildman–Crippen MR) is 102 cm³/mol. The van der Waals surface area contributed by atoms with Gasteiger partial charge in [-0.25, -0.2) is 0 Å². The summed E-state index contributed by atoms with van der Waals surface area (Å²) in [4.78, 5) is 25.1. The largest absolute Gasteiger partial charge is 0.490 e. The van der Waals surface area contributed by atoms with Crippen LogP contribution in [-0.2, 0) is 14.3 Å². The van der Waals surface area contributed by atoms with Crippen LogP contribution >= 0.6 is 11.8 Å². The van der Waals surface area contributed by atoms with E-state index in [-0.39, 0.29) is 25.5 Å². The normalized spacial score (nSPS) is 15.8. The van der Waals surface area contributed by atoms with Gasteiger partial charge in [-0.3, -0.25) is 9.59 Å². The van der Waals surface area contributed by atoms with Crippen LogP contribution in [0.15, 0.2) is 47.4 Å². The molecule has 0 bridgehead atoms. The summed E-state index contributed by atoms with van der Waals surface area (Å²) in [6, 6.07) is 13.5. The summed E-state index contributed by atoms with van der Waals surface area (Å²) in [5.74, 6) is 0.221. The molecule has 1 aliphatic rings. The minimum Gasteiger partial charge on any atom is -0.490 e. The number of para-hydroxylation sites is 1. The molecular formula is C20H21NO4S. The molecule has 0 spiro atoms. The van der Waals surface area contributed by atoms with Crippen molar-refractivity contribution in [1.82, 2.24) is 0 Å². The number of esters is 1. The van der Waals surface area contributed by atoms with Crippen LogP contribution in [0.5, 0.6) is 5.75 Å². The lowest BCUT2D eigenvalue weighted by atomic mass is 10.1. The maximum absolute atomic E-state index is 12.1. The van der Waals surface area contributed by atoms with Gasteiger partial charge in [-0.05, 0) is 43.2 Å². The number of amides is 1. The van der Waals surface area contributed by atoms with E-state index in [1.165, 1.54) is 11.8 Å². The molecule has 1 heterocycles. The molecule has 0 unspecified atom stereocenters. The molecule has 2 aromatic rings. The van der Waals surface area contributed by atoms with Gasteiger partial charge in [0.2, 0.25) is 5.91 Å². The average molecular weight is 371 g/mol. The van der Waals surface area contributed by atoms with Crippen molar-refractivity contribution in [3.8, 4) is 5.75 Å². The standard InChI is InChI=1S/C20H21NO4S/c1-13-7-8-14(2)16(11-13)24-9-10-25-19(22)12-18-20(23)21-15-5-3-4-6-17(15)26-18/h3-8,11,18H,9-10,12H2,1-2H3,(H,21,23)/t18-/m1/s1. The lowest BCUT2D eigenvalue weighted by Crippen LogP contribution is -2.31. The average Bonchev–Trinajstić information content (AvgIpc) is 2.62. The van der Waals surface area contributed by atoms with Crippen LogP contribution in [0.25, 0.3) is 0 Å². The van der Waals surface area contributed by atoms with Gasteiger partial charge in [-0.1, -0.05) is 24.3 Å². The number of rotatable bonds is 6. The number of hydrogen-bond acceptors (Lipinski definition) is 5. The van der Waals surface area contributed by atoms with E-state index in [4.69, 9.17) is 9.47 Å². The molecular weight excluding hydrogens is 350 g/mol.